The number of nitrogens with zero attached hydrogens (tertiary/aromatic N) is 2. The largest absolute Gasteiger partial charge is 0.349 e. The first-order chi connectivity index (χ1) is 11.5. The molecule has 124 valence electrons. The van der Waals surface area contributed by atoms with Gasteiger partial charge in [-0.2, -0.15) is 0 Å². The van der Waals surface area contributed by atoms with Crippen molar-refractivity contribution < 1.29 is 4.79 Å². The molecule has 3 aromatic rings. The van der Waals surface area contributed by atoms with E-state index in [1.54, 1.807) is 6.07 Å². The van der Waals surface area contributed by atoms with Crippen molar-refractivity contribution in [3.8, 4) is 11.3 Å². The molecule has 5 nitrogen and oxygen atoms in total. The maximum atomic E-state index is 12.8. The van der Waals surface area contributed by atoms with Crippen LogP contribution in [0, 0.1) is 0 Å². The van der Waals surface area contributed by atoms with Gasteiger partial charge in [-0.1, -0.05) is 36.7 Å². The van der Waals surface area contributed by atoms with E-state index < -0.39 is 11.5 Å². The van der Waals surface area contributed by atoms with Gasteiger partial charge in [-0.05, 0) is 19.4 Å². The van der Waals surface area contributed by atoms with Crippen LogP contribution in [0.15, 0.2) is 40.6 Å². The van der Waals surface area contributed by atoms with Crippen LogP contribution in [-0.2, 0) is 0 Å². The number of halogens is 1. The Labute approximate surface area is 147 Å². The second-order valence-electron chi connectivity index (χ2n) is 5.48. The Hall–Kier alpha value is -2.18. The maximum absolute atomic E-state index is 12.8. The highest BCUT2D eigenvalue weighted by Gasteiger charge is 2.18. The van der Waals surface area contributed by atoms with Crippen molar-refractivity contribution in [2.75, 3.05) is 0 Å². The number of aromatic nitrogens is 2. The van der Waals surface area contributed by atoms with Gasteiger partial charge in [0.05, 0.1) is 5.69 Å². The quantitative estimate of drug-likeness (QED) is 0.772. The molecule has 2 aromatic heterocycles. The van der Waals surface area contributed by atoms with Gasteiger partial charge in [0, 0.05) is 28.2 Å². The zero-order valence-electron chi connectivity index (χ0n) is 13.2. The van der Waals surface area contributed by atoms with E-state index in [4.69, 9.17) is 11.6 Å². The van der Waals surface area contributed by atoms with Crippen LogP contribution in [0.2, 0.25) is 5.02 Å². The third-order valence-electron chi connectivity index (χ3n) is 3.83. The van der Waals surface area contributed by atoms with Crippen LogP contribution in [0.3, 0.4) is 0 Å². The fourth-order valence-corrected chi connectivity index (χ4v) is 3.39. The molecule has 3 rings (SSSR count). The summed E-state index contributed by atoms with van der Waals surface area (Å²) in [5, 5.41) is 5.16. The number of rotatable bonds is 4. The van der Waals surface area contributed by atoms with Gasteiger partial charge in [0.1, 0.15) is 5.56 Å². The number of carbonyl (C=O) groups is 1. The molecule has 0 saturated heterocycles. The van der Waals surface area contributed by atoms with Crippen LogP contribution in [-0.4, -0.2) is 21.3 Å². The predicted molar refractivity (Wildman–Crippen MR) is 97.0 cm³/mol. The molecular weight excluding hydrogens is 346 g/mol. The molecule has 0 saturated carbocycles. The number of hydrogen-bond acceptors (Lipinski definition) is 4. The summed E-state index contributed by atoms with van der Waals surface area (Å²) >= 11 is 7.58. The second kappa shape index (κ2) is 6.75. The van der Waals surface area contributed by atoms with Gasteiger partial charge in [0.25, 0.3) is 11.5 Å². The zero-order chi connectivity index (χ0) is 17.3. The van der Waals surface area contributed by atoms with Crippen LogP contribution in [0.5, 0.6) is 0 Å². The molecule has 0 bridgehead atoms. The molecule has 24 heavy (non-hydrogen) atoms. The minimum Gasteiger partial charge on any atom is -0.349 e. The van der Waals surface area contributed by atoms with E-state index in [1.807, 2.05) is 37.4 Å². The minimum absolute atomic E-state index is 0.0110. The number of nitrogens with one attached hydrogen (secondary N) is 1. The van der Waals surface area contributed by atoms with Gasteiger partial charge in [-0.15, -0.1) is 11.3 Å². The highest BCUT2D eigenvalue weighted by Crippen LogP contribution is 2.29. The Morgan fingerprint density at radius 1 is 1.42 bits per heavy atom. The molecule has 1 amide bonds. The van der Waals surface area contributed by atoms with Gasteiger partial charge in [-0.25, -0.2) is 4.98 Å². The summed E-state index contributed by atoms with van der Waals surface area (Å²) in [5.74, 6) is -0.410. The summed E-state index contributed by atoms with van der Waals surface area (Å²) < 4.78 is 1.44. The summed E-state index contributed by atoms with van der Waals surface area (Å²) in [7, 11) is 0. The van der Waals surface area contributed by atoms with E-state index in [9.17, 15) is 9.59 Å². The standard InChI is InChI=1S/C17H16ClN3O2S/c1-3-10(2)20-15(22)12-8-19-17-21(16(12)23)14(9-24-17)11-6-4-5-7-13(11)18/h4-10H,3H2,1-2H3,(H,20,22). The number of benzene rings is 1. The van der Waals surface area contributed by atoms with Crippen molar-refractivity contribution in [3.05, 3.63) is 56.8 Å². The highest BCUT2D eigenvalue weighted by atomic mass is 35.5. The van der Waals surface area contributed by atoms with Crippen molar-refractivity contribution >= 4 is 33.8 Å². The van der Waals surface area contributed by atoms with Crippen molar-refractivity contribution in [2.24, 2.45) is 0 Å². The van der Waals surface area contributed by atoms with E-state index in [0.29, 0.717) is 15.7 Å². The predicted octanol–water partition coefficient (Wildman–Crippen LogP) is 3.60. The Bertz CT molecular complexity index is 964. The van der Waals surface area contributed by atoms with Gasteiger partial charge in [0.15, 0.2) is 4.96 Å². The normalized spacial score (nSPS) is 12.3. The van der Waals surface area contributed by atoms with E-state index in [2.05, 4.69) is 10.3 Å². The lowest BCUT2D eigenvalue weighted by Gasteiger charge is -2.11. The molecule has 0 aliphatic heterocycles. The van der Waals surface area contributed by atoms with Crippen LogP contribution >= 0.6 is 22.9 Å². The molecule has 2 heterocycles. The number of thiazole rings is 1. The molecule has 0 fully saturated rings. The van der Waals surface area contributed by atoms with Crippen molar-refractivity contribution in [3.63, 3.8) is 0 Å². The molecule has 1 unspecified atom stereocenters. The summed E-state index contributed by atoms with van der Waals surface area (Å²) in [4.78, 5) is 29.9. The Kier molecular flexibility index (Phi) is 4.69. The lowest BCUT2D eigenvalue weighted by atomic mass is 10.1. The summed E-state index contributed by atoms with van der Waals surface area (Å²) in [6.07, 6.45) is 2.12. The monoisotopic (exact) mass is 361 g/mol. The first kappa shape index (κ1) is 16.7. The molecular formula is C17H16ClN3O2S. The molecule has 0 spiro atoms. The van der Waals surface area contributed by atoms with E-state index in [0.717, 1.165) is 12.0 Å². The fourth-order valence-electron chi connectivity index (χ4n) is 2.31. The Balaban J connectivity index is 2.15. The summed E-state index contributed by atoms with van der Waals surface area (Å²) in [5.41, 5.74) is 1.00. The topological polar surface area (TPSA) is 63.5 Å². The first-order valence-corrected chi connectivity index (χ1v) is 8.83. The SMILES string of the molecule is CCC(C)NC(=O)c1cnc2scc(-c3ccccc3Cl)n2c1=O. The molecule has 0 aliphatic carbocycles. The Morgan fingerprint density at radius 3 is 2.88 bits per heavy atom. The van der Waals surface area contributed by atoms with Crippen molar-refractivity contribution in [2.45, 2.75) is 26.3 Å². The van der Waals surface area contributed by atoms with Crippen molar-refractivity contribution in [1.82, 2.24) is 14.7 Å². The number of amides is 1. The lowest BCUT2D eigenvalue weighted by Crippen LogP contribution is -2.36. The lowest BCUT2D eigenvalue weighted by molar-refractivity contribution is 0.0937. The summed E-state index contributed by atoms with van der Waals surface area (Å²) in [6, 6.07) is 7.26. The van der Waals surface area contributed by atoms with Crippen LogP contribution in [0.25, 0.3) is 16.2 Å². The van der Waals surface area contributed by atoms with Crippen LogP contribution < -0.4 is 10.9 Å². The van der Waals surface area contributed by atoms with Crippen molar-refractivity contribution in [1.29, 1.82) is 0 Å². The number of hydrogen-bond donors (Lipinski definition) is 1. The van der Waals surface area contributed by atoms with Gasteiger partial charge in [-0.3, -0.25) is 14.0 Å². The molecule has 7 heteroatoms. The third kappa shape index (κ3) is 2.95. The van der Waals surface area contributed by atoms with Crippen LogP contribution in [0.1, 0.15) is 30.6 Å². The third-order valence-corrected chi connectivity index (χ3v) is 5.00. The Morgan fingerprint density at radius 2 is 2.17 bits per heavy atom. The van der Waals surface area contributed by atoms with Gasteiger partial charge < -0.3 is 5.32 Å². The number of fused-ring (bicyclic) bond motifs is 1. The average Bonchev–Trinajstić information content (AvgIpc) is 3.00. The molecule has 0 radical (unpaired) electrons. The van der Waals surface area contributed by atoms with Gasteiger partial charge in [0.2, 0.25) is 0 Å². The maximum Gasteiger partial charge on any atom is 0.271 e. The minimum atomic E-state index is -0.410. The van der Waals surface area contributed by atoms with E-state index in [1.165, 1.54) is 21.9 Å². The van der Waals surface area contributed by atoms with Gasteiger partial charge >= 0.3 is 0 Å². The summed E-state index contributed by atoms with van der Waals surface area (Å²) in [6.45, 7) is 3.86. The van der Waals surface area contributed by atoms with Crippen LogP contribution in [0.4, 0.5) is 0 Å². The molecule has 1 aromatic carbocycles. The first-order valence-electron chi connectivity index (χ1n) is 7.58. The zero-order valence-corrected chi connectivity index (χ0v) is 14.8. The average molecular weight is 362 g/mol. The smallest absolute Gasteiger partial charge is 0.271 e. The fraction of sp³-hybridized carbons (Fsp3) is 0.235. The number of carbonyl (C=O) groups excluding carboxylic acids is 1. The molecule has 1 atom stereocenters. The highest BCUT2D eigenvalue weighted by molar-refractivity contribution is 7.15. The van der Waals surface area contributed by atoms with E-state index in [-0.39, 0.29) is 11.6 Å². The molecule has 0 aliphatic rings. The van der Waals surface area contributed by atoms with E-state index >= 15 is 0 Å². The second-order valence-corrected chi connectivity index (χ2v) is 6.72. The molecule has 1 N–H and O–H groups in total.